The number of halogens is 1. The van der Waals surface area contributed by atoms with E-state index in [9.17, 15) is 9.59 Å². The van der Waals surface area contributed by atoms with Crippen molar-refractivity contribution >= 4 is 40.4 Å². The maximum Gasteiger partial charge on any atom is 0.279 e. The highest BCUT2D eigenvalue weighted by Gasteiger charge is 2.27. The van der Waals surface area contributed by atoms with E-state index in [0.717, 1.165) is 23.5 Å². The lowest BCUT2D eigenvalue weighted by Gasteiger charge is -2.31. The molecule has 2 N–H and O–H groups in total. The topological polar surface area (TPSA) is 53.9 Å². The van der Waals surface area contributed by atoms with Gasteiger partial charge < -0.3 is 15.1 Å². The Hall–Kier alpha value is -1.89. The van der Waals surface area contributed by atoms with Crippen LogP contribution in [0.15, 0.2) is 35.7 Å². The number of amides is 2. The van der Waals surface area contributed by atoms with Crippen molar-refractivity contribution in [1.29, 1.82) is 0 Å². The van der Waals surface area contributed by atoms with Gasteiger partial charge in [-0.3, -0.25) is 9.59 Å². The van der Waals surface area contributed by atoms with Gasteiger partial charge in [0, 0.05) is 0 Å². The number of thiophene rings is 1. The lowest BCUT2D eigenvalue weighted by atomic mass is 10.2. The molecule has 7 heteroatoms. The van der Waals surface area contributed by atoms with Gasteiger partial charge in [0.25, 0.3) is 11.8 Å². The minimum atomic E-state index is -0.0584. The smallest absolute Gasteiger partial charge is 0.279 e. The van der Waals surface area contributed by atoms with Crippen molar-refractivity contribution in [3.05, 3.63) is 51.2 Å². The highest BCUT2D eigenvalue weighted by molar-refractivity contribution is 7.12. The Balaban J connectivity index is 1.49. The van der Waals surface area contributed by atoms with E-state index in [1.54, 1.807) is 12.1 Å². The molecule has 1 fully saturated rings. The first kappa shape index (κ1) is 17.9. The summed E-state index contributed by atoms with van der Waals surface area (Å²) in [5.74, 6) is 0.0454. The summed E-state index contributed by atoms with van der Waals surface area (Å²) < 4.78 is 0. The molecule has 0 atom stereocenters. The zero-order valence-corrected chi connectivity index (χ0v) is 15.6. The zero-order chi connectivity index (χ0) is 17.8. The molecule has 0 unspecified atom stereocenters. The van der Waals surface area contributed by atoms with Gasteiger partial charge in [-0.15, -0.1) is 11.3 Å². The number of carbonyl (C=O) groups excluding carboxylic acids is 2. The Morgan fingerprint density at radius 1 is 1.24 bits per heavy atom. The fraction of sp³-hybridized carbons (Fsp3) is 0.333. The summed E-state index contributed by atoms with van der Waals surface area (Å²) in [7, 11) is 0. The SMILES string of the molecule is Cc1ccsc1C(=O)N1CC[NH+](CC(=O)Nc2ccccc2Cl)CC1. The maximum absolute atomic E-state index is 12.5. The van der Waals surface area contributed by atoms with Crippen molar-refractivity contribution in [2.24, 2.45) is 0 Å². The summed E-state index contributed by atoms with van der Waals surface area (Å²) in [6.07, 6.45) is 0. The molecule has 1 saturated heterocycles. The summed E-state index contributed by atoms with van der Waals surface area (Å²) in [5.41, 5.74) is 1.67. The number of nitrogens with zero attached hydrogens (tertiary/aromatic N) is 1. The molecule has 2 heterocycles. The minimum Gasteiger partial charge on any atom is -0.327 e. The summed E-state index contributed by atoms with van der Waals surface area (Å²) in [5, 5.41) is 5.33. The first-order chi connectivity index (χ1) is 12.0. The maximum atomic E-state index is 12.5. The molecule has 1 aromatic heterocycles. The Morgan fingerprint density at radius 2 is 1.96 bits per heavy atom. The van der Waals surface area contributed by atoms with Gasteiger partial charge in [0.05, 0.1) is 41.8 Å². The molecule has 1 aliphatic heterocycles. The summed E-state index contributed by atoms with van der Waals surface area (Å²) in [4.78, 5) is 28.6. The van der Waals surface area contributed by atoms with Crippen molar-refractivity contribution in [2.75, 3.05) is 38.0 Å². The van der Waals surface area contributed by atoms with Crippen LogP contribution in [0.3, 0.4) is 0 Å². The molecular weight excluding hydrogens is 358 g/mol. The zero-order valence-electron chi connectivity index (χ0n) is 14.0. The lowest BCUT2D eigenvalue weighted by Crippen LogP contribution is -3.15. The van der Waals surface area contributed by atoms with Crippen LogP contribution in [-0.4, -0.2) is 49.4 Å². The second-order valence-electron chi connectivity index (χ2n) is 6.18. The molecule has 0 aliphatic carbocycles. The van der Waals surface area contributed by atoms with Crippen molar-refractivity contribution in [1.82, 2.24) is 4.90 Å². The van der Waals surface area contributed by atoms with Gasteiger partial charge >= 0.3 is 0 Å². The Kier molecular flexibility index (Phi) is 5.73. The third kappa shape index (κ3) is 4.39. The molecule has 1 aromatic carbocycles. The number of hydrogen-bond donors (Lipinski definition) is 2. The van der Waals surface area contributed by atoms with Crippen molar-refractivity contribution in [2.45, 2.75) is 6.92 Å². The fourth-order valence-electron chi connectivity index (χ4n) is 2.92. The van der Waals surface area contributed by atoms with E-state index in [1.165, 1.54) is 16.2 Å². The number of aryl methyl sites for hydroxylation is 1. The van der Waals surface area contributed by atoms with Gasteiger partial charge in [-0.25, -0.2) is 0 Å². The van der Waals surface area contributed by atoms with Crippen molar-refractivity contribution < 1.29 is 14.5 Å². The lowest BCUT2D eigenvalue weighted by molar-refractivity contribution is -0.895. The molecule has 132 valence electrons. The van der Waals surface area contributed by atoms with Gasteiger partial charge in [0.1, 0.15) is 0 Å². The number of anilines is 1. The van der Waals surface area contributed by atoms with E-state index in [0.29, 0.717) is 30.3 Å². The van der Waals surface area contributed by atoms with Gasteiger partial charge in [0.2, 0.25) is 0 Å². The number of quaternary nitrogens is 1. The molecule has 0 saturated carbocycles. The number of piperazine rings is 1. The second-order valence-corrected chi connectivity index (χ2v) is 7.50. The number of benzene rings is 1. The van der Waals surface area contributed by atoms with E-state index in [-0.39, 0.29) is 11.8 Å². The first-order valence-electron chi connectivity index (χ1n) is 8.26. The standard InChI is InChI=1S/C18H20ClN3O2S/c1-13-6-11-25-17(13)18(24)22-9-7-21(8-10-22)12-16(23)20-15-5-3-2-4-14(15)19/h2-6,11H,7-10,12H2,1H3,(H,20,23)/p+1. The van der Waals surface area contributed by atoms with Gasteiger partial charge in [0.15, 0.2) is 6.54 Å². The normalized spacial score (nSPS) is 15.2. The molecule has 25 heavy (non-hydrogen) atoms. The van der Waals surface area contributed by atoms with Crippen molar-refractivity contribution in [3.8, 4) is 0 Å². The second kappa shape index (κ2) is 7.99. The molecule has 3 rings (SSSR count). The van der Waals surface area contributed by atoms with Gasteiger partial charge in [-0.1, -0.05) is 23.7 Å². The number of carbonyl (C=O) groups is 2. The third-order valence-corrected chi connectivity index (χ3v) is 5.71. The molecule has 0 spiro atoms. The van der Waals surface area contributed by atoms with Gasteiger partial charge in [-0.05, 0) is 36.1 Å². The largest absolute Gasteiger partial charge is 0.327 e. The fourth-order valence-corrected chi connectivity index (χ4v) is 4.00. The first-order valence-corrected chi connectivity index (χ1v) is 9.51. The predicted octanol–water partition coefficient (Wildman–Crippen LogP) is 1.69. The van der Waals surface area contributed by atoms with Crippen LogP contribution in [0.1, 0.15) is 15.2 Å². The van der Waals surface area contributed by atoms with Crippen LogP contribution in [0.4, 0.5) is 5.69 Å². The Bertz CT molecular complexity index is 769. The summed E-state index contributed by atoms with van der Waals surface area (Å²) in [6.45, 7) is 5.23. The Morgan fingerprint density at radius 3 is 2.60 bits per heavy atom. The highest BCUT2D eigenvalue weighted by Crippen LogP contribution is 2.20. The number of hydrogen-bond acceptors (Lipinski definition) is 3. The average Bonchev–Trinajstić information content (AvgIpc) is 3.03. The van der Waals surface area contributed by atoms with Crippen LogP contribution in [0.2, 0.25) is 5.02 Å². The summed E-state index contributed by atoms with van der Waals surface area (Å²) in [6, 6.07) is 9.18. The van der Waals surface area contributed by atoms with E-state index in [1.807, 2.05) is 35.4 Å². The third-order valence-electron chi connectivity index (χ3n) is 4.37. The minimum absolute atomic E-state index is 0.0584. The molecule has 2 amide bonds. The number of para-hydroxylation sites is 1. The van der Waals surface area contributed by atoms with Crippen LogP contribution in [0.25, 0.3) is 0 Å². The van der Waals surface area contributed by atoms with E-state index in [4.69, 9.17) is 11.6 Å². The Labute approximate surface area is 156 Å². The number of nitrogens with one attached hydrogen (secondary N) is 2. The van der Waals surface area contributed by atoms with Crippen LogP contribution in [0.5, 0.6) is 0 Å². The summed E-state index contributed by atoms with van der Waals surface area (Å²) >= 11 is 7.55. The van der Waals surface area contributed by atoms with Crippen LogP contribution in [-0.2, 0) is 4.79 Å². The number of rotatable bonds is 4. The van der Waals surface area contributed by atoms with Gasteiger partial charge in [-0.2, -0.15) is 0 Å². The molecule has 2 aromatic rings. The molecule has 1 aliphatic rings. The highest BCUT2D eigenvalue weighted by atomic mass is 35.5. The average molecular weight is 379 g/mol. The molecule has 0 bridgehead atoms. The van der Waals surface area contributed by atoms with Crippen LogP contribution < -0.4 is 10.2 Å². The van der Waals surface area contributed by atoms with E-state index in [2.05, 4.69) is 5.32 Å². The molecule has 0 radical (unpaired) electrons. The molecular formula is C18H21ClN3O2S+. The van der Waals surface area contributed by atoms with E-state index >= 15 is 0 Å². The van der Waals surface area contributed by atoms with Crippen LogP contribution >= 0.6 is 22.9 Å². The van der Waals surface area contributed by atoms with Crippen LogP contribution in [0, 0.1) is 6.92 Å². The monoisotopic (exact) mass is 378 g/mol. The quantitative estimate of drug-likeness (QED) is 0.850. The molecule has 5 nitrogen and oxygen atoms in total. The predicted molar refractivity (Wildman–Crippen MR) is 101 cm³/mol. The van der Waals surface area contributed by atoms with Crippen molar-refractivity contribution in [3.63, 3.8) is 0 Å². The van der Waals surface area contributed by atoms with E-state index < -0.39 is 0 Å².